The number of hydrogen-bond donors (Lipinski definition) is 1. The van der Waals surface area contributed by atoms with Gasteiger partial charge in [0.15, 0.2) is 0 Å². The summed E-state index contributed by atoms with van der Waals surface area (Å²) in [4.78, 5) is 11.8. The molecule has 0 spiro atoms. The highest BCUT2D eigenvalue weighted by Gasteiger charge is 2.26. The molecule has 2 rings (SSSR count). The molecule has 2 atom stereocenters. The second kappa shape index (κ2) is 4.61. The van der Waals surface area contributed by atoms with Crippen molar-refractivity contribution in [3.63, 3.8) is 0 Å². The molecule has 1 aromatic carbocycles. The maximum absolute atomic E-state index is 13.3. The standard InChI is InChI=1S/C12H14FNO2/c1-8-11(6-7-16-8)14-12(15)9-4-2-3-5-10(9)13/h2-5,8,11H,6-7H2,1H3,(H,14,15). The van der Waals surface area contributed by atoms with Crippen LogP contribution in [0.1, 0.15) is 23.7 Å². The van der Waals surface area contributed by atoms with E-state index in [1.165, 1.54) is 12.1 Å². The van der Waals surface area contributed by atoms with E-state index >= 15 is 0 Å². The Balaban J connectivity index is 2.06. The number of rotatable bonds is 2. The Morgan fingerprint density at radius 1 is 1.50 bits per heavy atom. The monoisotopic (exact) mass is 223 g/mol. The molecule has 1 heterocycles. The summed E-state index contributed by atoms with van der Waals surface area (Å²) in [5.74, 6) is -0.869. The molecule has 1 aliphatic rings. The maximum Gasteiger partial charge on any atom is 0.254 e. The van der Waals surface area contributed by atoms with Crippen molar-refractivity contribution in [2.24, 2.45) is 0 Å². The SMILES string of the molecule is CC1OCCC1NC(=O)c1ccccc1F. The molecule has 0 bridgehead atoms. The van der Waals surface area contributed by atoms with Gasteiger partial charge in [-0.2, -0.15) is 0 Å². The number of amides is 1. The first-order valence-corrected chi connectivity index (χ1v) is 5.35. The average molecular weight is 223 g/mol. The van der Waals surface area contributed by atoms with E-state index in [0.29, 0.717) is 6.61 Å². The van der Waals surface area contributed by atoms with E-state index in [1.54, 1.807) is 12.1 Å². The van der Waals surface area contributed by atoms with Gasteiger partial charge in [0.05, 0.1) is 17.7 Å². The van der Waals surface area contributed by atoms with E-state index in [9.17, 15) is 9.18 Å². The van der Waals surface area contributed by atoms with Gasteiger partial charge in [-0.25, -0.2) is 4.39 Å². The summed E-state index contributed by atoms with van der Waals surface area (Å²) in [6, 6.07) is 5.95. The molecule has 0 radical (unpaired) electrons. The van der Waals surface area contributed by atoms with Gasteiger partial charge in [-0.05, 0) is 25.5 Å². The molecule has 1 amide bonds. The molecule has 1 N–H and O–H groups in total. The zero-order valence-corrected chi connectivity index (χ0v) is 9.07. The summed E-state index contributed by atoms with van der Waals surface area (Å²) in [6.07, 6.45) is 0.775. The lowest BCUT2D eigenvalue weighted by atomic mass is 10.1. The molecule has 16 heavy (non-hydrogen) atoms. The van der Waals surface area contributed by atoms with Gasteiger partial charge < -0.3 is 10.1 Å². The molecule has 1 aromatic rings. The van der Waals surface area contributed by atoms with E-state index in [2.05, 4.69) is 5.32 Å². The van der Waals surface area contributed by atoms with Crippen molar-refractivity contribution >= 4 is 5.91 Å². The van der Waals surface area contributed by atoms with Crippen LogP contribution in [0.25, 0.3) is 0 Å². The Labute approximate surface area is 93.6 Å². The molecule has 1 aliphatic heterocycles. The smallest absolute Gasteiger partial charge is 0.254 e. The number of halogens is 1. The Kier molecular flexibility index (Phi) is 3.19. The normalized spacial score (nSPS) is 24.4. The summed E-state index contributed by atoms with van der Waals surface area (Å²) >= 11 is 0. The lowest BCUT2D eigenvalue weighted by Crippen LogP contribution is -2.39. The van der Waals surface area contributed by atoms with Crippen LogP contribution in [0.2, 0.25) is 0 Å². The fraction of sp³-hybridized carbons (Fsp3) is 0.417. The topological polar surface area (TPSA) is 38.3 Å². The minimum absolute atomic E-state index is 0.00396. The summed E-state index contributed by atoms with van der Waals surface area (Å²) in [5, 5.41) is 2.78. The van der Waals surface area contributed by atoms with Crippen LogP contribution in [-0.4, -0.2) is 24.7 Å². The van der Waals surface area contributed by atoms with Gasteiger partial charge in [-0.15, -0.1) is 0 Å². The highest BCUT2D eigenvalue weighted by Crippen LogP contribution is 2.14. The lowest BCUT2D eigenvalue weighted by Gasteiger charge is -2.16. The molecule has 1 fully saturated rings. The van der Waals surface area contributed by atoms with Crippen molar-refractivity contribution in [2.45, 2.75) is 25.5 Å². The van der Waals surface area contributed by atoms with E-state index in [-0.39, 0.29) is 23.6 Å². The Morgan fingerprint density at radius 2 is 2.25 bits per heavy atom. The molecule has 2 unspecified atom stereocenters. The molecule has 3 nitrogen and oxygen atoms in total. The van der Waals surface area contributed by atoms with Gasteiger partial charge in [0, 0.05) is 6.61 Å². The molecule has 0 saturated carbocycles. The van der Waals surface area contributed by atoms with Gasteiger partial charge in [-0.1, -0.05) is 12.1 Å². The highest BCUT2D eigenvalue weighted by atomic mass is 19.1. The number of carbonyl (C=O) groups is 1. The Morgan fingerprint density at radius 3 is 2.88 bits per heavy atom. The molecule has 1 saturated heterocycles. The Hall–Kier alpha value is -1.42. The summed E-state index contributed by atoms with van der Waals surface area (Å²) in [5.41, 5.74) is 0.0848. The molecular weight excluding hydrogens is 209 g/mol. The van der Waals surface area contributed by atoms with Crippen molar-refractivity contribution in [1.82, 2.24) is 5.32 Å². The summed E-state index contributed by atoms with van der Waals surface area (Å²) < 4.78 is 18.6. The lowest BCUT2D eigenvalue weighted by molar-refractivity contribution is 0.0862. The third-order valence-corrected chi connectivity index (χ3v) is 2.81. The van der Waals surface area contributed by atoms with Crippen LogP contribution in [-0.2, 0) is 4.74 Å². The van der Waals surface area contributed by atoms with Crippen LogP contribution in [0.15, 0.2) is 24.3 Å². The second-order valence-corrected chi connectivity index (χ2v) is 3.92. The quantitative estimate of drug-likeness (QED) is 0.829. The van der Waals surface area contributed by atoms with Gasteiger partial charge in [0.1, 0.15) is 5.82 Å². The zero-order chi connectivity index (χ0) is 11.5. The Bertz CT molecular complexity index is 394. The summed E-state index contributed by atoms with van der Waals surface area (Å²) in [6.45, 7) is 2.54. The number of hydrogen-bond acceptors (Lipinski definition) is 2. The predicted molar refractivity (Wildman–Crippen MR) is 57.7 cm³/mol. The van der Waals surface area contributed by atoms with E-state index in [0.717, 1.165) is 6.42 Å². The minimum atomic E-state index is -0.494. The molecule has 0 aliphatic carbocycles. The van der Waals surface area contributed by atoms with E-state index in [1.807, 2.05) is 6.92 Å². The maximum atomic E-state index is 13.3. The summed E-state index contributed by atoms with van der Waals surface area (Å²) in [7, 11) is 0. The van der Waals surface area contributed by atoms with Crippen LogP contribution < -0.4 is 5.32 Å². The fourth-order valence-corrected chi connectivity index (χ4v) is 1.81. The van der Waals surface area contributed by atoms with Crippen molar-refractivity contribution in [2.75, 3.05) is 6.61 Å². The molecular formula is C12H14FNO2. The molecule has 4 heteroatoms. The van der Waals surface area contributed by atoms with Crippen molar-refractivity contribution in [3.8, 4) is 0 Å². The predicted octanol–water partition coefficient (Wildman–Crippen LogP) is 1.73. The van der Waals surface area contributed by atoms with Crippen molar-refractivity contribution in [1.29, 1.82) is 0 Å². The average Bonchev–Trinajstić information content (AvgIpc) is 2.65. The van der Waals surface area contributed by atoms with Gasteiger partial charge in [-0.3, -0.25) is 4.79 Å². The first-order chi connectivity index (χ1) is 7.68. The first kappa shape index (κ1) is 11.1. The van der Waals surface area contributed by atoms with Gasteiger partial charge in [0.2, 0.25) is 0 Å². The van der Waals surface area contributed by atoms with E-state index in [4.69, 9.17) is 4.74 Å². The fourth-order valence-electron chi connectivity index (χ4n) is 1.81. The number of carbonyl (C=O) groups excluding carboxylic acids is 1. The number of nitrogens with one attached hydrogen (secondary N) is 1. The van der Waals surface area contributed by atoms with Gasteiger partial charge >= 0.3 is 0 Å². The number of benzene rings is 1. The highest BCUT2D eigenvalue weighted by molar-refractivity contribution is 5.94. The third kappa shape index (κ3) is 2.22. The van der Waals surface area contributed by atoms with Gasteiger partial charge in [0.25, 0.3) is 5.91 Å². The van der Waals surface area contributed by atoms with Crippen molar-refractivity contribution in [3.05, 3.63) is 35.6 Å². The first-order valence-electron chi connectivity index (χ1n) is 5.35. The molecule has 0 aromatic heterocycles. The van der Waals surface area contributed by atoms with Crippen LogP contribution >= 0.6 is 0 Å². The largest absolute Gasteiger partial charge is 0.376 e. The second-order valence-electron chi connectivity index (χ2n) is 3.92. The van der Waals surface area contributed by atoms with Crippen LogP contribution in [0.3, 0.4) is 0 Å². The number of ether oxygens (including phenoxy) is 1. The zero-order valence-electron chi connectivity index (χ0n) is 9.07. The third-order valence-electron chi connectivity index (χ3n) is 2.81. The molecule has 86 valence electrons. The van der Waals surface area contributed by atoms with E-state index < -0.39 is 5.82 Å². The van der Waals surface area contributed by atoms with Crippen LogP contribution in [0.5, 0.6) is 0 Å². The van der Waals surface area contributed by atoms with Crippen LogP contribution in [0, 0.1) is 5.82 Å². The van der Waals surface area contributed by atoms with Crippen molar-refractivity contribution < 1.29 is 13.9 Å². The van der Waals surface area contributed by atoms with Crippen LogP contribution in [0.4, 0.5) is 4.39 Å². The minimum Gasteiger partial charge on any atom is -0.376 e.